The summed E-state index contributed by atoms with van der Waals surface area (Å²) >= 11 is 0. The van der Waals surface area contributed by atoms with Crippen molar-refractivity contribution in [3.05, 3.63) is 60.7 Å². The standard InChI is InChI=1S/C25H33NO5/c1-6-8-14-21(27)26-23-19-13-10-9-12-17(19)15-20(23)30-24(29)18(11-7-2)16-22(28)31-25(3,4)5/h6-7,9-10,12-13,18,20,23H,1-2,8,11,14-16H2,3-5H3,(H,26,27)/t18-,20-,23+/m0/s1. The van der Waals surface area contributed by atoms with E-state index >= 15 is 0 Å². The minimum absolute atomic E-state index is 0.0852. The summed E-state index contributed by atoms with van der Waals surface area (Å²) in [5.74, 6) is -1.76. The van der Waals surface area contributed by atoms with Gasteiger partial charge in [-0.1, -0.05) is 36.4 Å². The molecule has 0 saturated heterocycles. The summed E-state index contributed by atoms with van der Waals surface area (Å²) in [5, 5.41) is 2.99. The number of esters is 2. The summed E-state index contributed by atoms with van der Waals surface area (Å²) in [6.07, 6.45) is 4.35. The largest absolute Gasteiger partial charge is 0.460 e. The van der Waals surface area contributed by atoms with E-state index in [1.807, 2.05) is 24.3 Å². The first kappa shape index (κ1) is 24.4. The molecule has 2 rings (SSSR count). The molecule has 1 aromatic carbocycles. The molecule has 0 fully saturated rings. The monoisotopic (exact) mass is 427 g/mol. The van der Waals surface area contributed by atoms with Gasteiger partial charge in [0.15, 0.2) is 0 Å². The van der Waals surface area contributed by atoms with Gasteiger partial charge in [-0.2, -0.15) is 0 Å². The number of hydrogen-bond acceptors (Lipinski definition) is 5. The molecular formula is C25H33NO5. The van der Waals surface area contributed by atoms with Crippen LogP contribution in [-0.4, -0.2) is 29.6 Å². The van der Waals surface area contributed by atoms with E-state index in [1.54, 1.807) is 32.9 Å². The summed E-state index contributed by atoms with van der Waals surface area (Å²) in [5.41, 5.74) is 1.34. The Labute approximate surface area is 184 Å². The van der Waals surface area contributed by atoms with Crippen LogP contribution in [0.4, 0.5) is 0 Å². The Morgan fingerprint density at radius 3 is 2.55 bits per heavy atom. The fraction of sp³-hybridized carbons (Fsp3) is 0.480. The summed E-state index contributed by atoms with van der Waals surface area (Å²) < 4.78 is 11.2. The predicted molar refractivity (Wildman–Crippen MR) is 119 cm³/mol. The van der Waals surface area contributed by atoms with Crippen LogP contribution in [0.2, 0.25) is 0 Å². The molecule has 1 aromatic rings. The van der Waals surface area contributed by atoms with Gasteiger partial charge in [0.25, 0.3) is 0 Å². The highest BCUT2D eigenvalue weighted by Crippen LogP contribution is 2.34. The Balaban J connectivity index is 2.11. The van der Waals surface area contributed by atoms with Gasteiger partial charge in [0, 0.05) is 12.8 Å². The van der Waals surface area contributed by atoms with Gasteiger partial charge in [-0.25, -0.2) is 0 Å². The summed E-state index contributed by atoms with van der Waals surface area (Å²) in [4.78, 5) is 37.5. The maximum Gasteiger partial charge on any atom is 0.310 e. The second kappa shape index (κ2) is 10.9. The van der Waals surface area contributed by atoms with E-state index < -0.39 is 35.6 Å². The average molecular weight is 428 g/mol. The number of benzene rings is 1. The molecular weight excluding hydrogens is 394 g/mol. The van der Waals surface area contributed by atoms with Crippen molar-refractivity contribution >= 4 is 17.8 Å². The molecule has 1 aliphatic carbocycles. The van der Waals surface area contributed by atoms with Gasteiger partial charge in [0.05, 0.1) is 18.4 Å². The Bertz CT molecular complexity index is 823. The van der Waals surface area contributed by atoms with Crippen LogP contribution in [-0.2, 0) is 30.3 Å². The quantitative estimate of drug-likeness (QED) is 0.447. The maximum atomic E-state index is 12.9. The Morgan fingerprint density at radius 2 is 1.90 bits per heavy atom. The number of fused-ring (bicyclic) bond motifs is 1. The van der Waals surface area contributed by atoms with Crippen molar-refractivity contribution in [2.75, 3.05) is 0 Å². The van der Waals surface area contributed by atoms with Crippen molar-refractivity contribution in [2.24, 2.45) is 5.92 Å². The molecule has 6 heteroatoms. The Kier molecular flexibility index (Phi) is 8.60. The molecule has 168 valence electrons. The highest BCUT2D eigenvalue weighted by Gasteiger charge is 2.37. The number of ether oxygens (including phenoxy) is 2. The predicted octanol–water partition coefficient (Wildman–Crippen LogP) is 4.20. The lowest BCUT2D eigenvalue weighted by Gasteiger charge is -2.25. The van der Waals surface area contributed by atoms with Crippen molar-refractivity contribution in [3.63, 3.8) is 0 Å². The van der Waals surface area contributed by atoms with Crippen LogP contribution in [0.5, 0.6) is 0 Å². The third-order valence-corrected chi connectivity index (χ3v) is 4.96. The SMILES string of the molecule is C=CCCC(=O)N[C@@H]1c2ccccc2C[C@@H]1OC(=O)[C@@H](CC=C)CC(=O)OC(C)(C)C. The van der Waals surface area contributed by atoms with E-state index in [1.165, 1.54) is 0 Å². The van der Waals surface area contributed by atoms with Crippen LogP contribution < -0.4 is 5.32 Å². The van der Waals surface area contributed by atoms with Crippen LogP contribution in [0.15, 0.2) is 49.6 Å². The molecule has 31 heavy (non-hydrogen) atoms. The molecule has 1 amide bonds. The molecule has 0 aromatic heterocycles. The van der Waals surface area contributed by atoms with Crippen molar-refractivity contribution in [1.82, 2.24) is 5.32 Å². The van der Waals surface area contributed by atoms with E-state index in [0.717, 1.165) is 11.1 Å². The van der Waals surface area contributed by atoms with Gasteiger partial charge >= 0.3 is 11.9 Å². The van der Waals surface area contributed by atoms with Crippen molar-refractivity contribution in [1.29, 1.82) is 0 Å². The Hall–Kier alpha value is -2.89. The zero-order valence-corrected chi connectivity index (χ0v) is 18.7. The topological polar surface area (TPSA) is 81.7 Å². The highest BCUT2D eigenvalue weighted by molar-refractivity contribution is 5.81. The van der Waals surface area contributed by atoms with Gasteiger partial charge in [0.2, 0.25) is 5.91 Å². The molecule has 3 atom stereocenters. The molecule has 0 radical (unpaired) electrons. The lowest BCUT2D eigenvalue weighted by molar-refractivity contribution is -0.164. The van der Waals surface area contributed by atoms with Crippen molar-refractivity contribution < 1.29 is 23.9 Å². The molecule has 0 saturated carbocycles. The van der Waals surface area contributed by atoms with E-state index in [0.29, 0.717) is 25.7 Å². The number of hydrogen-bond donors (Lipinski definition) is 1. The zero-order valence-electron chi connectivity index (χ0n) is 18.7. The van der Waals surface area contributed by atoms with Crippen LogP contribution in [0.1, 0.15) is 63.6 Å². The first-order chi connectivity index (χ1) is 14.6. The van der Waals surface area contributed by atoms with Gasteiger partial charge in [-0.3, -0.25) is 14.4 Å². The normalized spacial score (nSPS) is 18.4. The number of rotatable bonds is 10. The first-order valence-electron chi connectivity index (χ1n) is 10.7. The van der Waals surface area contributed by atoms with Gasteiger partial charge in [-0.05, 0) is 44.7 Å². The lowest BCUT2D eigenvalue weighted by atomic mass is 10.0. The van der Waals surface area contributed by atoms with E-state index in [9.17, 15) is 14.4 Å². The van der Waals surface area contributed by atoms with E-state index in [-0.39, 0.29) is 12.3 Å². The molecule has 0 heterocycles. The fourth-order valence-electron chi connectivity index (χ4n) is 3.61. The van der Waals surface area contributed by atoms with Gasteiger partial charge in [0.1, 0.15) is 11.7 Å². The molecule has 1 N–H and O–H groups in total. The number of carbonyl (C=O) groups is 3. The number of amides is 1. The molecule has 0 spiro atoms. The van der Waals surface area contributed by atoms with Crippen LogP contribution in [0.25, 0.3) is 0 Å². The van der Waals surface area contributed by atoms with E-state index in [2.05, 4.69) is 18.5 Å². The lowest BCUT2D eigenvalue weighted by Crippen LogP contribution is -2.37. The van der Waals surface area contributed by atoms with Crippen molar-refractivity contribution in [3.8, 4) is 0 Å². The van der Waals surface area contributed by atoms with Crippen LogP contribution in [0.3, 0.4) is 0 Å². The first-order valence-corrected chi connectivity index (χ1v) is 10.7. The molecule has 0 unspecified atom stereocenters. The second-order valence-electron chi connectivity index (χ2n) is 8.76. The third-order valence-electron chi connectivity index (χ3n) is 4.96. The summed E-state index contributed by atoms with van der Waals surface area (Å²) in [6.45, 7) is 12.7. The van der Waals surface area contributed by atoms with E-state index in [4.69, 9.17) is 9.47 Å². The molecule has 6 nitrogen and oxygen atoms in total. The molecule has 1 aliphatic rings. The number of carbonyl (C=O) groups excluding carboxylic acids is 3. The number of nitrogens with one attached hydrogen (secondary N) is 1. The molecule has 0 bridgehead atoms. The third kappa shape index (κ3) is 7.39. The maximum absolute atomic E-state index is 12.9. The fourth-order valence-corrected chi connectivity index (χ4v) is 3.61. The molecule has 0 aliphatic heterocycles. The van der Waals surface area contributed by atoms with Crippen LogP contribution in [0, 0.1) is 5.92 Å². The van der Waals surface area contributed by atoms with Gasteiger partial charge < -0.3 is 14.8 Å². The minimum Gasteiger partial charge on any atom is -0.460 e. The van der Waals surface area contributed by atoms with Crippen LogP contribution >= 0.6 is 0 Å². The second-order valence-corrected chi connectivity index (χ2v) is 8.76. The minimum atomic E-state index is -0.687. The summed E-state index contributed by atoms with van der Waals surface area (Å²) in [6, 6.07) is 7.29. The smallest absolute Gasteiger partial charge is 0.310 e. The average Bonchev–Trinajstić information content (AvgIpc) is 3.01. The highest BCUT2D eigenvalue weighted by atomic mass is 16.6. The summed E-state index contributed by atoms with van der Waals surface area (Å²) in [7, 11) is 0. The Morgan fingerprint density at radius 1 is 1.19 bits per heavy atom. The van der Waals surface area contributed by atoms with Gasteiger partial charge in [-0.15, -0.1) is 13.2 Å². The number of allylic oxidation sites excluding steroid dienone is 2. The van der Waals surface area contributed by atoms with Crippen molar-refractivity contribution in [2.45, 2.75) is 70.6 Å². The zero-order chi connectivity index (χ0) is 23.0.